The van der Waals surface area contributed by atoms with Crippen LogP contribution in [-0.4, -0.2) is 47.9 Å². The molecule has 0 unspecified atom stereocenters. The van der Waals surface area contributed by atoms with Gasteiger partial charge in [-0.1, -0.05) is 30.3 Å². The molecule has 0 saturated carbocycles. The van der Waals surface area contributed by atoms with E-state index in [9.17, 15) is 19.1 Å². The van der Waals surface area contributed by atoms with Gasteiger partial charge in [-0.15, -0.1) is 0 Å². The molecule has 2 aromatic carbocycles. The number of aliphatic hydroxyl groups is 1. The number of carbonyl (C=O) groups is 2. The molecule has 1 atom stereocenters. The van der Waals surface area contributed by atoms with Crippen LogP contribution < -0.4 is 4.90 Å². The number of hydrogen-bond donors (Lipinski definition) is 2. The zero-order chi connectivity index (χ0) is 21.0. The predicted molar refractivity (Wildman–Crippen MR) is 109 cm³/mol. The van der Waals surface area contributed by atoms with Gasteiger partial charge in [0.15, 0.2) is 0 Å². The number of nitrogens with zero attached hydrogens (tertiary/aromatic N) is 1. The number of Topliss-reactive ketones (excluding diaryl/α,β-unsaturated/α-hetero) is 1. The highest BCUT2D eigenvalue weighted by atomic mass is 19.1. The van der Waals surface area contributed by atoms with Crippen molar-refractivity contribution in [2.24, 2.45) is 0 Å². The highest BCUT2D eigenvalue weighted by Crippen LogP contribution is 2.38. The van der Waals surface area contributed by atoms with Crippen LogP contribution in [0.1, 0.15) is 31.0 Å². The summed E-state index contributed by atoms with van der Waals surface area (Å²) >= 11 is 0. The Morgan fingerprint density at radius 2 is 1.66 bits per heavy atom. The van der Waals surface area contributed by atoms with Gasteiger partial charge in [0.05, 0.1) is 37.8 Å². The Bertz CT molecular complexity index is 905. The number of halogens is 1. The van der Waals surface area contributed by atoms with E-state index in [0.717, 1.165) is 18.7 Å². The van der Waals surface area contributed by atoms with Crippen LogP contribution in [0.15, 0.2) is 60.2 Å². The van der Waals surface area contributed by atoms with Crippen molar-refractivity contribution in [3.05, 3.63) is 77.1 Å². The van der Waals surface area contributed by atoms with E-state index in [1.165, 1.54) is 34.1 Å². The Kier molecular flexibility index (Phi) is 6.44. The number of quaternary nitrogens is 1. The Labute approximate surface area is 170 Å². The fourth-order valence-electron chi connectivity index (χ4n) is 3.74. The molecule has 6 heteroatoms. The minimum absolute atomic E-state index is 0.0438. The van der Waals surface area contributed by atoms with Gasteiger partial charge < -0.3 is 14.9 Å². The normalized spacial score (nSPS) is 18.6. The van der Waals surface area contributed by atoms with Crippen molar-refractivity contribution >= 4 is 17.4 Å². The second-order valence-electron chi connectivity index (χ2n) is 7.12. The van der Waals surface area contributed by atoms with Gasteiger partial charge >= 0.3 is 0 Å². The van der Waals surface area contributed by atoms with Gasteiger partial charge in [-0.2, -0.15) is 0 Å². The van der Waals surface area contributed by atoms with Gasteiger partial charge in [0.25, 0.3) is 11.7 Å². The Hall–Kier alpha value is -2.99. The second-order valence-corrected chi connectivity index (χ2v) is 7.12. The number of benzene rings is 2. The van der Waals surface area contributed by atoms with Crippen LogP contribution in [0.25, 0.3) is 5.76 Å². The maximum Gasteiger partial charge on any atom is 0.295 e. The molecule has 1 heterocycles. The molecule has 2 aromatic rings. The predicted octanol–water partition coefficient (Wildman–Crippen LogP) is 2.17. The summed E-state index contributed by atoms with van der Waals surface area (Å²) in [5.41, 5.74) is 1.10. The Morgan fingerprint density at radius 1 is 1.03 bits per heavy atom. The van der Waals surface area contributed by atoms with Crippen LogP contribution in [0, 0.1) is 5.82 Å². The molecule has 1 aliphatic rings. The van der Waals surface area contributed by atoms with Crippen LogP contribution in [-0.2, 0) is 9.59 Å². The van der Waals surface area contributed by atoms with Crippen molar-refractivity contribution in [2.45, 2.75) is 19.9 Å². The molecular weight excluding hydrogens is 371 g/mol. The zero-order valence-corrected chi connectivity index (χ0v) is 16.7. The maximum atomic E-state index is 13.3. The van der Waals surface area contributed by atoms with E-state index in [1.54, 1.807) is 0 Å². The molecule has 1 fully saturated rings. The molecule has 5 nitrogen and oxygen atoms in total. The lowest BCUT2D eigenvalue weighted by molar-refractivity contribution is -0.895. The number of likely N-dealkylation sites (tertiary alicyclic amines) is 1. The number of amides is 1. The minimum Gasteiger partial charge on any atom is -0.507 e. The monoisotopic (exact) mass is 397 g/mol. The van der Waals surface area contributed by atoms with E-state index in [4.69, 9.17) is 0 Å². The van der Waals surface area contributed by atoms with Crippen molar-refractivity contribution in [1.82, 2.24) is 4.90 Å². The van der Waals surface area contributed by atoms with E-state index < -0.39 is 23.5 Å². The Morgan fingerprint density at radius 3 is 2.24 bits per heavy atom. The van der Waals surface area contributed by atoms with Gasteiger partial charge in [0.1, 0.15) is 11.6 Å². The van der Waals surface area contributed by atoms with E-state index in [-0.39, 0.29) is 11.3 Å². The summed E-state index contributed by atoms with van der Waals surface area (Å²) in [6, 6.07) is 13.8. The smallest absolute Gasteiger partial charge is 0.295 e. The van der Waals surface area contributed by atoms with Gasteiger partial charge in [-0.05, 0) is 43.7 Å². The van der Waals surface area contributed by atoms with Crippen molar-refractivity contribution in [3.63, 3.8) is 0 Å². The van der Waals surface area contributed by atoms with E-state index in [2.05, 4.69) is 13.8 Å². The van der Waals surface area contributed by atoms with E-state index in [0.29, 0.717) is 18.7 Å². The molecule has 1 aliphatic heterocycles. The largest absolute Gasteiger partial charge is 0.507 e. The summed E-state index contributed by atoms with van der Waals surface area (Å²) in [5.74, 6) is -2.05. The third kappa shape index (κ3) is 4.22. The standard InChI is InChI=1S/C23H25FN2O3/c1-3-25(4-2)14-15-26-20(16-8-6-5-7-9-16)19(22(28)23(26)29)21(27)17-10-12-18(24)13-11-17/h5-13,20,27H,3-4,14-15H2,1-2H3/p+1/t20-/m1/s1. The fourth-order valence-corrected chi connectivity index (χ4v) is 3.74. The lowest BCUT2D eigenvalue weighted by atomic mass is 9.95. The number of carbonyl (C=O) groups excluding carboxylic acids is 2. The van der Waals surface area contributed by atoms with Crippen molar-refractivity contribution in [2.75, 3.05) is 26.2 Å². The van der Waals surface area contributed by atoms with Gasteiger partial charge in [-0.25, -0.2) is 4.39 Å². The average Bonchev–Trinajstić information content (AvgIpc) is 3.00. The number of hydrogen-bond acceptors (Lipinski definition) is 3. The lowest BCUT2D eigenvalue weighted by Crippen LogP contribution is -3.12. The minimum atomic E-state index is -0.713. The quantitative estimate of drug-likeness (QED) is 0.428. The number of aliphatic hydroxyl groups excluding tert-OH is 1. The Balaban J connectivity index is 2.06. The average molecular weight is 397 g/mol. The molecule has 1 amide bonds. The molecule has 0 radical (unpaired) electrons. The molecule has 1 saturated heterocycles. The first-order valence-electron chi connectivity index (χ1n) is 9.90. The number of likely N-dealkylation sites (N-methyl/N-ethyl adjacent to an activating group) is 1. The molecule has 0 bridgehead atoms. The summed E-state index contributed by atoms with van der Waals surface area (Å²) in [7, 11) is 0. The van der Waals surface area contributed by atoms with Gasteiger partial charge in [0.2, 0.25) is 0 Å². The summed E-state index contributed by atoms with van der Waals surface area (Å²) in [4.78, 5) is 28.6. The van der Waals surface area contributed by atoms with E-state index >= 15 is 0 Å². The number of nitrogens with one attached hydrogen (secondary N) is 1. The summed E-state index contributed by atoms with van der Waals surface area (Å²) < 4.78 is 13.3. The fraction of sp³-hybridized carbons (Fsp3) is 0.304. The van der Waals surface area contributed by atoms with Crippen molar-refractivity contribution in [3.8, 4) is 0 Å². The van der Waals surface area contributed by atoms with Gasteiger partial charge in [0, 0.05) is 5.56 Å². The van der Waals surface area contributed by atoms with Crippen LogP contribution in [0.3, 0.4) is 0 Å². The van der Waals surface area contributed by atoms with Crippen LogP contribution in [0.5, 0.6) is 0 Å². The molecule has 0 spiro atoms. The van der Waals surface area contributed by atoms with Crippen molar-refractivity contribution in [1.29, 1.82) is 0 Å². The summed E-state index contributed by atoms with van der Waals surface area (Å²) in [5, 5.41) is 10.9. The molecule has 3 rings (SSSR count). The SMILES string of the molecule is CC[NH+](CC)CCN1C(=O)C(=O)C(=C(O)c2ccc(F)cc2)[C@H]1c1ccccc1. The molecule has 152 valence electrons. The lowest BCUT2D eigenvalue weighted by Gasteiger charge is -2.26. The van der Waals surface area contributed by atoms with Crippen molar-refractivity contribution < 1.29 is 24.0 Å². The molecular formula is C23H26FN2O3+. The first-order valence-corrected chi connectivity index (χ1v) is 9.90. The molecule has 0 aliphatic carbocycles. The molecule has 0 aromatic heterocycles. The first-order chi connectivity index (χ1) is 14.0. The zero-order valence-electron chi connectivity index (χ0n) is 16.7. The van der Waals surface area contributed by atoms with Gasteiger partial charge in [-0.3, -0.25) is 9.59 Å². The number of ketones is 1. The topological polar surface area (TPSA) is 62.0 Å². The molecule has 29 heavy (non-hydrogen) atoms. The maximum absolute atomic E-state index is 13.3. The number of rotatable bonds is 7. The third-order valence-electron chi connectivity index (χ3n) is 5.48. The third-order valence-corrected chi connectivity index (χ3v) is 5.48. The van der Waals surface area contributed by atoms with E-state index in [1.807, 2.05) is 30.3 Å². The first kappa shape index (κ1) is 20.7. The van der Waals surface area contributed by atoms with Crippen LogP contribution in [0.4, 0.5) is 4.39 Å². The highest BCUT2D eigenvalue weighted by Gasteiger charge is 2.46. The van der Waals surface area contributed by atoms with Crippen LogP contribution >= 0.6 is 0 Å². The summed E-state index contributed by atoms with van der Waals surface area (Å²) in [6.45, 7) is 7.12. The molecule has 2 N–H and O–H groups in total. The highest BCUT2D eigenvalue weighted by molar-refractivity contribution is 6.46. The second kappa shape index (κ2) is 9.01. The summed E-state index contributed by atoms with van der Waals surface area (Å²) in [6.07, 6.45) is 0. The van der Waals surface area contributed by atoms with Crippen LogP contribution in [0.2, 0.25) is 0 Å².